The standard InChI is InChI=1S/C19H20N4O4/c1-13-4-2-5-14(10-13)27-9-7-21-17(24)12-23-18(25)15(11-20)16-6-3-8-22(16)19(23)26/h2,4-5,10H,3,6-9,12H2,1H3,(H,21,24). The summed E-state index contributed by atoms with van der Waals surface area (Å²) in [5.41, 5.74) is 0.235. The maximum Gasteiger partial charge on any atom is 0.331 e. The summed E-state index contributed by atoms with van der Waals surface area (Å²) in [6.45, 7) is 2.48. The van der Waals surface area contributed by atoms with Crippen LogP contribution in [-0.2, 0) is 24.3 Å². The molecule has 3 rings (SSSR count). The van der Waals surface area contributed by atoms with E-state index < -0.39 is 23.7 Å². The molecule has 1 aromatic carbocycles. The monoisotopic (exact) mass is 368 g/mol. The van der Waals surface area contributed by atoms with Crippen LogP contribution in [0.1, 0.15) is 23.2 Å². The summed E-state index contributed by atoms with van der Waals surface area (Å²) >= 11 is 0. The van der Waals surface area contributed by atoms with Crippen LogP contribution in [0.25, 0.3) is 0 Å². The first-order valence-corrected chi connectivity index (χ1v) is 8.74. The molecule has 2 heterocycles. The zero-order chi connectivity index (χ0) is 19.4. The van der Waals surface area contributed by atoms with Gasteiger partial charge < -0.3 is 10.1 Å². The average Bonchev–Trinajstić information content (AvgIpc) is 3.12. The summed E-state index contributed by atoms with van der Waals surface area (Å²) in [6.07, 6.45) is 1.23. The largest absolute Gasteiger partial charge is 0.492 e. The lowest BCUT2D eigenvalue weighted by Gasteiger charge is -2.11. The number of carbonyl (C=O) groups excluding carboxylic acids is 1. The van der Waals surface area contributed by atoms with E-state index in [1.54, 1.807) is 0 Å². The van der Waals surface area contributed by atoms with Crippen molar-refractivity contribution in [2.75, 3.05) is 13.2 Å². The zero-order valence-electron chi connectivity index (χ0n) is 15.0. The van der Waals surface area contributed by atoms with E-state index in [1.807, 2.05) is 37.3 Å². The van der Waals surface area contributed by atoms with Crippen molar-refractivity contribution in [3.63, 3.8) is 0 Å². The molecule has 27 heavy (non-hydrogen) atoms. The van der Waals surface area contributed by atoms with Crippen LogP contribution in [-0.4, -0.2) is 28.2 Å². The highest BCUT2D eigenvalue weighted by Crippen LogP contribution is 2.13. The summed E-state index contributed by atoms with van der Waals surface area (Å²) in [6, 6.07) is 9.41. The van der Waals surface area contributed by atoms with Crippen LogP contribution in [0.2, 0.25) is 0 Å². The Labute approximate surface area is 155 Å². The number of hydrogen-bond acceptors (Lipinski definition) is 5. The lowest BCUT2D eigenvalue weighted by molar-refractivity contribution is -0.121. The number of nitriles is 1. The minimum absolute atomic E-state index is 0.0531. The molecular weight excluding hydrogens is 348 g/mol. The maximum absolute atomic E-state index is 12.4. The van der Waals surface area contributed by atoms with Crippen LogP contribution < -0.4 is 21.3 Å². The molecule has 0 unspecified atom stereocenters. The van der Waals surface area contributed by atoms with Crippen LogP contribution in [0.15, 0.2) is 33.9 Å². The first-order valence-electron chi connectivity index (χ1n) is 8.74. The Balaban J connectivity index is 1.62. The predicted molar refractivity (Wildman–Crippen MR) is 97.7 cm³/mol. The summed E-state index contributed by atoms with van der Waals surface area (Å²) < 4.78 is 7.77. The molecule has 1 amide bonds. The van der Waals surface area contributed by atoms with Gasteiger partial charge in [0.25, 0.3) is 5.56 Å². The maximum atomic E-state index is 12.4. The van der Waals surface area contributed by atoms with Crippen molar-refractivity contribution >= 4 is 5.91 Å². The number of rotatable bonds is 6. The van der Waals surface area contributed by atoms with E-state index in [2.05, 4.69) is 5.32 Å². The van der Waals surface area contributed by atoms with Crippen LogP contribution in [0.5, 0.6) is 5.75 Å². The van der Waals surface area contributed by atoms with Crippen molar-refractivity contribution in [2.24, 2.45) is 0 Å². The highest BCUT2D eigenvalue weighted by atomic mass is 16.5. The van der Waals surface area contributed by atoms with Gasteiger partial charge >= 0.3 is 5.69 Å². The van der Waals surface area contributed by atoms with E-state index in [0.29, 0.717) is 30.8 Å². The molecule has 0 aliphatic carbocycles. The van der Waals surface area contributed by atoms with Crippen LogP contribution in [0, 0.1) is 18.3 Å². The van der Waals surface area contributed by atoms with E-state index >= 15 is 0 Å². The summed E-state index contributed by atoms with van der Waals surface area (Å²) in [5, 5.41) is 11.9. The van der Waals surface area contributed by atoms with Crippen molar-refractivity contribution in [2.45, 2.75) is 32.9 Å². The van der Waals surface area contributed by atoms with Gasteiger partial charge in [-0.25, -0.2) is 9.36 Å². The molecule has 0 fully saturated rings. The van der Waals surface area contributed by atoms with Gasteiger partial charge in [0.1, 0.15) is 30.5 Å². The van der Waals surface area contributed by atoms with Crippen LogP contribution in [0.3, 0.4) is 0 Å². The molecule has 2 aromatic rings. The number of fused-ring (bicyclic) bond motifs is 1. The van der Waals surface area contributed by atoms with Crippen molar-refractivity contribution in [1.82, 2.24) is 14.5 Å². The normalized spacial score (nSPS) is 12.3. The van der Waals surface area contributed by atoms with Crippen molar-refractivity contribution in [1.29, 1.82) is 5.26 Å². The topological polar surface area (TPSA) is 106 Å². The smallest absolute Gasteiger partial charge is 0.331 e. The molecule has 8 heteroatoms. The van der Waals surface area contributed by atoms with E-state index in [1.165, 1.54) is 4.57 Å². The molecule has 0 atom stereocenters. The van der Waals surface area contributed by atoms with Gasteiger partial charge in [0, 0.05) is 12.2 Å². The van der Waals surface area contributed by atoms with E-state index in [9.17, 15) is 19.6 Å². The second-order valence-electron chi connectivity index (χ2n) is 6.38. The SMILES string of the molecule is Cc1cccc(OCCNC(=O)Cn2c(=O)c(C#N)c3n(c2=O)CCC3)c1. The molecule has 1 aromatic heterocycles. The van der Waals surface area contributed by atoms with Gasteiger partial charge in [0.2, 0.25) is 5.91 Å². The molecule has 0 saturated heterocycles. The third kappa shape index (κ3) is 3.92. The van der Waals surface area contributed by atoms with E-state index in [-0.39, 0.29) is 18.7 Å². The molecule has 1 N–H and O–H groups in total. The lowest BCUT2D eigenvalue weighted by Crippen LogP contribution is -2.45. The molecule has 1 aliphatic rings. The summed E-state index contributed by atoms with van der Waals surface area (Å²) in [4.78, 5) is 37.0. The Kier molecular flexibility index (Phi) is 5.41. The van der Waals surface area contributed by atoms with Crippen LogP contribution >= 0.6 is 0 Å². The Hall–Kier alpha value is -3.34. The van der Waals surface area contributed by atoms with Crippen molar-refractivity contribution in [3.05, 3.63) is 61.9 Å². The minimum atomic E-state index is -0.707. The summed E-state index contributed by atoms with van der Waals surface area (Å²) in [5.74, 6) is 0.223. The van der Waals surface area contributed by atoms with Crippen molar-refractivity contribution in [3.8, 4) is 11.8 Å². The van der Waals surface area contributed by atoms with Gasteiger partial charge in [0.05, 0.1) is 6.54 Å². The number of amides is 1. The Morgan fingerprint density at radius 1 is 1.37 bits per heavy atom. The van der Waals surface area contributed by atoms with Crippen molar-refractivity contribution < 1.29 is 9.53 Å². The van der Waals surface area contributed by atoms with E-state index in [4.69, 9.17) is 4.74 Å². The molecule has 140 valence electrons. The fourth-order valence-electron chi connectivity index (χ4n) is 3.15. The number of ether oxygens (including phenoxy) is 1. The molecule has 0 radical (unpaired) electrons. The number of benzene rings is 1. The van der Waals surface area contributed by atoms with Gasteiger partial charge in [-0.1, -0.05) is 12.1 Å². The number of nitrogens with one attached hydrogen (secondary N) is 1. The average molecular weight is 368 g/mol. The Morgan fingerprint density at radius 2 is 2.19 bits per heavy atom. The molecule has 0 bridgehead atoms. The zero-order valence-corrected chi connectivity index (χ0v) is 15.0. The second-order valence-corrected chi connectivity index (χ2v) is 6.38. The number of hydrogen-bond donors (Lipinski definition) is 1. The number of nitrogens with zero attached hydrogens (tertiary/aromatic N) is 3. The fraction of sp³-hybridized carbons (Fsp3) is 0.368. The van der Waals surface area contributed by atoms with Gasteiger partial charge in [-0.3, -0.25) is 14.2 Å². The highest BCUT2D eigenvalue weighted by molar-refractivity contribution is 5.75. The van der Waals surface area contributed by atoms with E-state index in [0.717, 1.165) is 10.1 Å². The third-order valence-electron chi connectivity index (χ3n) is 4.43. The fourth-order valence-corrected chi connectivity index (χ4v) is 3.15. The Morgan fingerprint density at radius 3 is 2.93 bits per heavy atom. The molecule has 0 spiro atoms. The van der Waals surface area contributed by atoms with Gasteiger partial charge in [-0.05, 0) is 37.5 Å². The molecule has 1 aliphatic heterocycles. The molecule has 8 nitrogen and oxygen atoms in total. The quantitative estimate of drug-likeness (QED) is 0.740. The van der Waals surface area contributed by atoms with Crippen LogP contribution in [0.4, 0.5) is 0 Å². The predicted octanol–water partition coefficient (Wildman–Crippen LogP) is 0.331. The van der Waals surface area contributed by atoms with Gasteiger partial charge in [0.15, 0.2) is 0 Å². The van der Waals surface area contributed by atoms with Gasteiger partial charge in [-0.2, -0.15) is 5.26 Å². The number of aryl methyl sites for hydroxylation is 1. The minimum Gasteiger partial charge on any atom is -0.492 e. The highest BCUT2D eigenvalue weighted by Gasteiger charge is 2.23. The molecule has 0 saturated carbocycles. The first kappa shape index (κ1) is 18.5. The summed E-state index contributed by atoms with van der Waals surface area (Å²) in [7, 11) is 0. The Bertz CT molecular complexity index is 1030. The van der Waals surface area contributed by atoms with Gasteiger partial charge in [-0.15, -0.1) is 0 Å². The third-order valence-corrected chi connectivity index (χ3v) is 4.43. The second kappa shape index (κ2) is 7.91. The first-order chi connectivity index (χ1) is 13.0. The molecular formula is C19H20N4O4. The number of carbonyl (C=O) groups is 1. The number of aromatic nitrogens is 2. The lowest BCUT2D eigenvalue weighted by atomic mass is 10.2.